The Morgan fingerprint density at radius 2 is 2.00 bits per heavy atom. The molecular weight excluding hydrogens is 277 g/mol. The second kappa shape index (κ2) is 6.66. The topological polar surface area (TPSA) is 37.8 Å². The third kappa shape index (κ3) is 3.45. The first-order chi connectivity index (χ1) is 9.63. The predicted octanol–water partition coefficient (Wildman–Crippen LogP) is 4.32. The molecule has 0 aliphatic heterocycles. The number of aryl methyl sites for hydroxylation is 1. The summed E-state index contributed by atoms with van der Waals surface area (Å²) in [6.07, 6.45) is 1.78. The van der Waals surface area contributed by atoms with Crippen molar-refractivity contribution in [3.63, 3.8) is 0 Å². The lowest BCUT2D eigenvalue weighted by molar-refractivity contribution is 0.628. The fraction of sp³-hybridized carbons (Fsp3) is 0.333. The summed E-state index contributed by atoms with van der Waals surface area (Å²) in [5.41, 5.74) is 1.54. The normalized spacial score (nSPS) is 10.6. The minimum atomic E-state index is -0.426. The summed E-state index contributed by atoms with van der Waals surface area (Å²) in [5, 5.41) is 3.28. The van der Waals surface area contributed by atoms with Gasteiger partial charge in [-0.2, -0.15) is 0 Å². The molecule has 0 saturated heterocycles. The van der Waals surface area contributed by atoms with E-state index in [4.69, 9.17) is 11.6 Å². The maximum atomic E-state index is 13.2. The van der Waals surface area contributed by atoms with Gasteiger partial charge < -0.3 is 5.32 Å². The monoisotopic (exact) mass is 293 g/mol. The largest absolute Gasteiger partial charge is 0.370 e. The van der Waals surface area contributed by atoms with Crippen molar-refractivity contribution in [2.45, 2.75) is 26.7 Å². The molecule has 0 fully saturated rings. The van der Waals surface area contributed by atoms with Gasteiger partial charge in [-0.25, -0.2) is 14.4 Å². The molecule has 0 atom stereocenters. The van der Waals surface area contributed by atoms with Gasteiger partial charge in [0, 0.05) is 24.6 Å². The molecule has 0 aliphatic carbocycles. The Labute approximate surface area is 123 Å². The van der Waals surface area contributed by atoms with E-state index < -0.39 is 5.82 Å². The molecule has 106 valence electrons. The van der Waals surface area contributed by atoms with Crippen LogP contribution in [0.3, 0.4) is 0 Å². The highest BCUT2D eigenvalue weighted by atomic mass is 35.5. The molecule has 2 aromatic rings. The van der Waals surface area contributed by atoms with Gasteiger partial charge in [0.1, 0.15) is 17.5 Å². The summed E-state index contributed by atoms with van der Waals surface area (Å²) in [6.45, 7) is 4.87. The Morgan fingerprint density at radius 1 is 1.20 bits per heavy atom. The summed E-state index contributed by atoms with van der Waals surface area (Å²) >= 11 is 5.83. The number of halogens is 2. The van der Waals surface area contributed by atoms with Gasteiger partial charge in [0.15, 0.2) is 0 Å². The fourth-order valence-corrected chi connectivity index (χ4v) is 2.09. The molecule has 1 aromatic carbocycles. The number of hydrogen-bond acceptors (Lipinski definition) is 3. The van der Waals surface area contributed by atoms with E-state index in [-0.39, 0.29) is 5.02 Å². The number of anilines is 1. The van der Waals surface area contributed by atoms with Crippen LogP contribution in [-0.2, 0) is 6.42 Å². The van der Waals surface area contributed by atoms with Gasteiger partial charge in [-0.1, -0.05) is 18.5 Å². The highest BCUT2D eigenvalue weighted by Crippen LogP contribution is 2.25. The minimum absolute atomic E-state index is 0.100. The highest BCUT2D eigenvalue weighted by molar-refractivity contribution is 6.31. The van der Waals surface area contributed by atoms with Crippen LogP contribution in [-0.4, -0.2) is 16.5 Å². The van der Waals surface area contributed by atoms with Crippen LogP contribution in [0.15, 0.2) is 24.3 Å². The van der Waals surface area contributed by atoms with Crippen molar-refractivity contribution in [3.05, 3.63) is 40.9 Å². The first kappa shape index (κ1) is 14.7. The number of rotatable bonds is 5. The standard InChI is InChI=1S/C15H17ClFN3/c1-3-5-14-19-13(9-15(20-14)18-4-2)10-6-7-12(17)11(16)8-10/h6-9H,3-5H2,1-2H3,(H,18,19,20). The molecule has 0 aliphatic rings. The van der Waals surface area contributed by atoms with Crippen molar-refractivity contribution in [2.24, 2.45) is 0 Å². The second-order valence-electron chi connectivity index (χ2n) is 4.46. The van der Waals surface area contributed by atoms with E-state index in [9.17, 15) is 4.39 Å². The minimum Gasteiger partial charge on any atom is -0.370 e. The van der Waals surface area contributed by atoms with E-state index >= 15 is 0 Å². The summed E-state index contributed by atoms with van der Waals surface area (Å²) in [6, 6.07) is 6.47. The van der Waals surface area contributed by atoms with Gasteiger partial charge in [-0.15, -0.1) is 0 Å². The Hall–Kier alpha value is -1.68. The van der Waals surface area contributed by atoms with Crippen molar-refractivity contribution in [3.8, 4) is 11.3 Å². The highest BCUT2D eigenvalue weighted by Gasteiger charge is 2.08. The molecule has 1 heterocycles. The molecule has 1 N–H and O–H groups in total. The first-order valence-corrected chi connectivity index (χ1v) is 7.09. The summed E-state index contributed by atoms with van der Waals surface area (Å²) in [4.78, 5) is 8.96. The second-order valence-corrected chi connectivity index (χ2v) is 4.87. The zero-order chi connectivity index (χ0) is 14.5. The van der Waals surface area contributed by atoms with Crippen LogP contribution < -0.4 is 5.32 Å². The molecule has 3 nitrogen and oxygen atoms in total. The van der Waals surface area contributed by atoms with Crippen molar-refractivity contribution in [1.29, 1.82) is 0 Å². The van der Waals surface area contributed by atoms with Crippen LogP contribution in [0.5, 0.6) is 0 Å². The SMILES string of the molecule is CCCc1nc(NCC)cc(-c2ccc(F)c(Cl)c2)n1. The van der Waals surface area contributed by atoms with Crippen LogP contribution in [0.4, 0.5) is 10.2 Å². The van der Waals surface area contributed by atoms with Crippen molar-refractivity contribution in [1.82, 2.24) is 9.97 Å². The van der Waals surface area contributed by atoms with E-state index in [1.165, 1.54) is 6.07 Å². The molecule has 0 saturated carbocycles. The lowest BCUT2D eigenvalue weighted by Gasteiger charge is -2.09. The average molecular weight is 294 g/mol. The number of hydrogen-bond donors (Lipinski definition) is 1. The number of nitrogens with zero attached hydrogens (tertiary/aromatic N) is 2. The Kier molecular flexibility index (Phi) is 4.90. The van der Waals surface area contributed by atoms with E-state index in [0.29, 0.717) is 0 Å². The molecule has 0 unspecified atom stereocenters. The van der Waals surface area contributed by atoms with Crippen molar-refractivity contribution < 1.29 is 4.39 Å². The summed E-state index contributed by atoms with van der Waals surface area (Å²) in [5.74, 6) is 1.13. The van der Waals surface area contributed by atoms with Crippen molar-refractivity contribution in [2.75, 3.05) is 11.9 Å². The molecule has 20 heavy (non-hydrogen) atoms. The molecule has 2 rings (SSSR count). The molecule has 0 radical (unpaired) electrons. The van der Waals surface area contributed by atoms with E-state index in [2.05, 4.69) is 22.2 Å². The van der Waals surface area contributed by atoms with Crippen LogP contribution in [0, 0.1) is 5.82 Å². The quantitative estimate of drug-likeness (QED) is 0.892. The van der Waals surface area contributed by atoms with E-state index in [0.717, 1.165) is 42.3 Å². The maximum Gasteiger partial charge on any atom is 0.141 e. The lowest BCUT2D eigenvalue weighted by atomic mass is 10.1. The summed E-state index contributed by atoms with van der Waals surface area (Å²) < 4.78 is 13.2. The lowest BCUT2D eigenvalue weighted by Crippen LogP contribution is -2.04. The Bertz CT molecular complexity index is 577. The molecule has 1 aromatic heterocycles. The first-order valence-electron chi connectivity index (χ1n) is 6.71. The number of aromatic nitrogens is 2. The van der Waals surface area contributed by atoms with Gasteiger partial charge in [0.2, 0.25) is 0 Å². The number of benzene rings is 1. The third-order valence-corrected chi connectivity index (χ3v) is 3.11. The molecular formula is C15H17ClFN3. The smallest absolute Gasteiger partial charge is 0.141 e. The van der Waals surface area contributed by atoms with Crippen LogP contribution in [0.2, 0.25) is 5.02 Å². The fourth-order valence-electron chi connectivity index (χ4n) is 1.91. The van der Waals surface area contributed by atoms with Gasteiger partial charge in [-0.3, -0.25) is 0 Å². The average Bonchev–Trinajstić information content (AvgIpc) is 2.42. The molecule has 0 spiro atoms. The van der Waals surface area contributed by atoms with Gasteiger partial charge >= 0.3 is 0 Å². The van der Waals surface area contributed by atoms with E-state index in [1.807, 2.05) is 13.0 Å². The predicted molar refractivity (Wildman–Crippen MR) is 80.6 cm³/mol. The number of nitrogens with one attached hydrogen (secondary N) is 1. The Morgan fingerprint density at radius 3 is 2.65 bits per heavy atom. The van der Waals surface area contributed by atoms with Gasteiger partial charge in [0.05, 0.1) is 10.7 Å². The van der Waals surface area contributed by atoms with Crippen molar-refractivity contribution >= 4 is 17.4 Å². The van der Waals surface area contributed by atoms with E-state index in [1.54, 1.807) is 12.1 Å². The summed E-state index contributed by atoms with van der Waals surface area (Å²) in [7, 11) is 0. The Balaban J connectivity index is 2.45. The van der Waals surface area contributed by atoms with Gasteiger partial charge in [0.25, 0.3) is 0 Å². The van der Waals surface area contributed by atoms with Crippen LogP contribution in [0.1, 0.15) is 26.1 Å². The molecule has 5 heteroatoms. The van der Waals surface area contributed by atoms with Crippen LogP contribution >= 0.6 is 11.6 Å². The molecule has 0 bridgehead atoms. The third-order valence-electron chi connectivity index (χ3n) is 2.82. The van der Waals surface area contributed by atoms with Gasteiger partial charge in [-0.05, 0) is 31.5 Å². The maximum absolute atomic E-state index is 13.2. The zero-order valence-electron chi connectivity index (χ0n) is 11.6. The van der Waals surface area contributed by atoms with Crippen LogP contribution in [0.25, 0.3) is 11.3 Å². The zero-order valence-corrected chi connectivity index (χ0v) is 12.3. The molecule has 0 amide bonds.